The van der Waals surface area contributed by atoms with Gasteiger partial charge in [0.25, 0.3) is 5.91 Å². The molecule has 0 aliphatic heterocycles. The summed E-state index contributed by atoms with van der Waals surface area (Å²) in [4.78, 5) is 17.5. The topological polar surface area (TPSA) is 51.2 Å². The molecule has 1 aromatic heterocycles. The summed E-state index contributed by atoms with van der Waals surface area (Å²) in [6.45, 7) is 0. The van der Waals surface area contributed by atoms with E-state index >= 15 is 0 Å². The van der Waals surface area contributed by atoms with Crippen LogP contribution in [0.5, 0.6) is 5.75 Å². The van der Waals surface area contributed by atoms with E-state index in [-0.39, 0.29) is 5.91 Å². The summed E-state index contributed by atoms with van der Waals surface area (Å²) in [5.74, 6) is 0.314. The van der Waals surface area contributed by atoms with Crippen LogP contribution >= 0.6 is 11.3 Å². The average molecular weight is 384 g/mol. The number of anilines is 1. The van der Waals surface area contributed by atoms with Gasteiger partial charge in [0.2, 0.25) is 0 Å². The molecule has 0 saturated heterocycles. The molecule has 0 aliphatic rings. The third-order valence-corrected chi connectivity index (χ3v) is 5.83. The fourth-order valence-corrected chi connectivity index (χ4v) is 4.43. The van der Waals surface area contributed by atoms with Crippen molar-refractivity contribution in [2.24, 2.45) is 0 Å². The molecule has 5 aromatic rings. The van der Waals surface area contributed by atoms with Crippen LogP contribution in [0.15, 0.2) is 72.8 Å². The number of aromatic nitrogens is 1. The van der Waals surface area contributed by atoms with E-state index in [4.69, 9.17) is 4.74 Å². The normalized spacial score (nSPS) is 11.2. The van der Waals surface area contributed by atoms with Crippen molar-refractivity contribution in [2.75, 3.05) is 12.4 Å². The fraction of sp³-hybridized carbons (Fsp3) is 0.0435. The van der Waals surface area contributed by atoms with Gasteiger partial charge in [-0.1, -0.05) is 65.9 Å². The van der Waals surface area contributed by atoms with Crippen molar-refractivity contribution in [1.29, 1.82) is 0 Å². The Bertz CT molecular complexity index is 1360. The molecule has 5 heteroatoms. The number of methoxy groups -OCH3 is 1. The Hall–Kier alpha value is -3.44. The SMILES string of the molecule is COc1cc2ccccc2cc1C(=O)Nc1nc2ccc3ccccc3c2s1. The van der Waals surface area contributed by atoms with E-state index in [2.05, 4.69) is 28.5 Å². The number of carbonyl (C=O) groups is 1. The monoisotopic (exact) mass is 384 g/mol. The molecule has 1 amide bonds. The molecule has 0 unspecified atom stereocenters. The molecule has 28 heavy (non-hydrogen) atoms. The van der Waals surface area contributed by atoms with Crippen molar-refractivity contribution in [2.45, 2.75) is 0 Å². The minimum absolute atomic E-state index is 0.231. The van der Waals surface area contributed by atoms with Crippen LogP contribution in [0.25, 0.3) is 31.8 Å². The summed E-state index contributed by atoms with van der Waals surface area (Å²) in [5.41, 5.74) is 1.37. The number of ether oxygens (including phenoxy) is 1. The van der Waals surface area contributed by atoms with E-state index in [1.54, 1.807) is 7.11 Å². The number of benzene rings is 4. The zero-order chi connectivity index (χ0) is 19.1. The van der Waals surface area contributed by atoms with Crippen LogP contribution in [0.2, 0.25) is 0 Å². The second-order valence-electron chi connectivity index (χ2n) is 6.51. The van der Waals surface area contributed by atoms with Gasteiger partial charge < -0.3 is 4.74 Å². The Morgan fingerprint density at radius 3 is 2.43 bits per heavy atom. The van der Waals surface area contributed by atoms with Crippen LogP contribution < -0.4 is 10.1 Å². The second-order valence-corrected chi connectivity index (χ2v) is 7.51. The minimum Gasteiger partial charge on any atom is -0.496 e. The number of carbonyl (C=O) groups excluding carboxylic acids is 1. The molecule has 0 bridgehead atoms. The van der Waals surface area contributed by atoms with E-state index in [0.717, 1.165) is 31.8 Å². The molecule has 0 spiro atoms. The highest BCUT2D eigenvalue weighted by Crippen LogP contribution is 2.33. The van der Waals surface area contributed by atoms with E-state index < -0.39 is 0 Å². The van der Waals surface area contributed by atoms with Crippen molar-refractivity contribution < 1.29 is 9.53 Å². The number of nitrogens with one attached hydrogen (secondary N) is 1. The number of nitrogens with zero attached hydrogens (tertiary/aromatic N) is 1. The van der Waals surface area contributed by atoms with E-state index in [9.17, 15) is 4.79 Å². The Morgan fingerprint density at radius 1 is 0.929 bits per heavy atom. The Labute approximate surface area is 165 Å². The summed E-state index contributed by atoms with van der Waals surface area (Å²) >= 11 is 1.48. The lowest BCUT2D eigenvalue weighted by molar-refractivity contribution is 0.102. The minimum atomic E-state index is -0.231. The smallest absolute Gasteiger partial charge is 0.261 e. The van der Waals surface area contributed by atoms with Crippen LogP contribution in [-0.2, 0) is 0 Å². The molecule has 5 rings (SSSR count). The Balaban J connectivity index is 1.55. The molecule has 1 heterocycles. The first-order valence-electron chi connectivity index (χ1n) is 8.89. The molecule has 4 aromatic carbocycles. The van der Waals surface area contributed by atoms with Crippen molar-refractivity contribution in [3.8, 4) is 5.75 Å². The highest BCUT2D eigenvalue weighted by Gasteiger charge is 2.16. The van der Waals surface area contributed by atoms with Crippen LogP contribution in [0.1, 0.15) is 10.4 Å². The van der Waals surface area contributed by atoms with Crippen LogP contribution in [0.3, 0.4) is 0 Å². The van der Waals surface area contributed by atoms with Gasteiger partial charge in [0.1, 0.15) is 5.75 Å². The molecule has 4 nitrogen and oxygen atoms in total. The number of fused-ring (bicyclic) bond motifs is 4. The molecule has 136 valence electrons. The van der Waals surface area contributed by atoms with Crippen molar-refractivity contribution >= 4 is 54.1 Å². The highest BCUT2D eigenvalue weighted by atomic mass is 32.1. The summed E-state index contributed by atoms with van der Waals surface area (Å²) < 4.78 is 6.52. The molecular formula is C23H16N2O2S. The van der Waals surface area contributed by atoms with Crippen LogP contribution in [0.4, 0.5) is 5.13 Å². The molecule has 0 radical (unpaired) electrons. The van der Waals surface area contributed by atoms with Crippen molar-refractivity contribution in [1.82, 2.24) is 4.98 Å². The predicted molar refractivity (Wildman–Crippen MR) is 116 cm³/mol. The first kappa shape index (κ1) is 16.7. The molecule has 0 saturated carbocycles. The van der Waals surface area contributed by atoms with E-state index in [0.29, 0.717) is 16.4 Å². The average Bonchev–Trinajstić information content (AvgIpc) is 3.15. The van der Waals surface area contributed by atoms with Gasteiger partial charge in [0.05, 0.1) is 22.9 Å². The summed E-state index contributed by atoms with van der Waals surface area (Å²) in [7, 11) is 1.57. The first-order valence-corrected chi connectivity index (χ1v) is 9.71. The number of thiazole rings is 1. The van der Waals surface area contributed by atoms with Crippen molar-refractivity contribution in [3.63, 3.8) is 0 Å². The van der Waals surface area contributed by atoms with Gasteiger partial charge in [0, 0.05) is 5.39 Å². The van der Waals surface area contributed by atoms with Gasteiger partial charge in [0.15, 0.2) is 5.13 Å². The first-order chi connectivity index (χ1) is 13.7. The van der Waals surface area contributed by atoms with E-state index in [1.807, 2.05) is 54.6 Å². The molecule has 1 N–H and O–H groups in total. The highest BCUT2D eigenvalue weighted by molar-refractivity contribution is 7.23. The quantitative estimate of drug-likeness (QED) is 0.424. The summed E-state index contributed by atoms with van der Waals surface area (Å²) in [5, 5.41) is 7.84. The zero-order valence-electron chi connectivity index (χ0n) is 15.1. The molecule has 0 fully saturated rings. The molecule has 0 atom stereocenters. The Kier molecular flexibility index (Phi) is 3.95. The third-order valence-electron chi connectivity index (χ3n) is 4.81. The standard InChI is InChI=1S/C23H16N2O2S/c1-27-20-13-16-8-3-2-7-15(16)12-18(20)22(26)25-23-24-19-11-10-14-6-4-5-9-17(14)21(19)28-23/h2-13H,1H3,(H,24,25,26). The second kappa shape index (κ2) is 6.62. The van der Waals surface area contributed by atoms with Gasteiger partial charge in [-0.3, -0.25) is 10.1 Å². The largest absolute Gasteiger partial charge is 0.496 e. The number of hydrogen-bond acceptors (Lipinski definition) is 4. The van der Waals surface area contributed by atoms with Gasteiger partial charge in [-0.25, -0.2) is 4.98 Å². The lowest BCUT2D eigenvalue weighted by atomic mass is 10.1. The predicted octanol–water partition coefficient (Wildman–Crippen LogP) is 5.86. The third kappa shape index (κ3) is 2.77. The summed E-state index contributed by atoms with van der Waals surface area (Å²) in [6, 6.07) is 23.9. The zero-order valence-corrected chi connectivity index (χ0v) is 15.9. The lowest BCUT2D eigenvalue weighted by Crippen LogP contribution is -2.13. The van der Waals surface area contributed by atoms with Gasteiger partial charge in [-0.05, 0) is 34.4 Å². The van der Waals surface area contributed by atoms with Crippen molar-refractivity contribution in [3.05, 3.63) is 78.4 Å². The molecule has 0 aliphatic carbocycles. The lowest BCUT2D eigenvalue weighted by Gasteiger charge is -2.09. The number of hydrogen-bond donors (Lipinski definition) is 1. The maximum Gasteiger partial charge on any atom is 0.261 e. The number of amides is 1. The van der Waals surface area contributed by atoms with Crippen LogP contribution in [-0.4, -0.2) is 18.0 Å². The molecular weight excluding hydrogens is 368 g/mol. The van der Waals surface area contributed by atoms with Gasteiger partial charge in [-0.2, -0.15) is 0 Å². The fourth-order valence-electron chi connectivity index (χ4n) is 3.44. The van der Waals surface area contributed by atoms with E-state index in [1.165, 1.54) is 11.3 Å². The maximum atomic E-state index is 13.0. The number of rotatable bonds is 3. The maximum absolute atomic E-state index is 13.0. The van der Waals surface area contributed by atoms with Gasteiger partial charge >= 0.3 is 0 Å². The van der Waals surface area contributed by atoms with Crippen LogP contribution in [0, 0.1) is 0 Å². The Morgan fingerprint density at radius 2 is 1.64 bits per heavy atom. The summed E-state index contributed by atoms with van der Waals surface area (Å²) in [6.07, 6.45) is 0. The van der Waals surface area contributed by atoms with Gasteiger partial charge in [-0.15, -0.1) is 0 Å².